The number of benzene rings is 1. The Bertz CT molecular complexity index is 415. The molecule has 0 saturated carbocycles. The van der Waals surface area contributed by atoms with E-state index in [0.29, 0.717) is 23.6 Å². The number of halogens is 1. The molecule has 0 fully saturated rings. The maximum Gasteiger partial charge on any atom is 0.146 e. The normalized spacial score (nSPS) is 13.1. The predicted molar refractivity (Wildman–Crippen MR) is 85.6 cm³/mol. The Balaban J connectivity index is 2.72. The van der Waals surface area contributed by atoms with E-state index in [1.165, 1.54) is 0 Å². The van der Waals surface area contributed by atoms with Crippen molar-refractivity contribution in [2.75, 3.05) is 18.5 Å². The summed E-state index contributed by atoms with van der Waals surface area (Å²) in [6, 6.07) is 5.86. The van der Waals surface area contributed by atoms with E-state index in [9.17, 15) is 4.39 Å². The highest BCUT2D eigenvalue weighted by Crippen LogP contribution is 2.23. The number of anilines is 1. The first kappa shape index (κ1) is 17.0. The van der Waals surface area contributed by atoms with E-state index >= 15 is 0 Å². The van der Waals surface area contributed by atoms with E-state index in [1.807, 2.05) is 24.1 Å². The van der Waals surface area contributed by atoms with Gasteiger partial charge in [-0.3, -0.25) is 0 Å². The molecule has 1 N–H and O–H groups in total. The minimum Gasteiger partial charge on any atom is -0.369 e. The van der Waals surface area contributed by atoms with Crippen molar-refractivity contribution in [1.82, 2.24) is 5.32 Å². The highest BCUT2D eigenvalue weighted by molar-refractivity contribution is 5.49. The molecule has 0 spiro atoms. The molecule has 0 aromatic heterocycles. The monoisotopic (exact) mass is 280 g/mol. The zero-order valence-electron chi connectivity index (χ0n) is 13.7. The molecule has 0 amide bonds. The summed E-state index contributed by atoms with van der Waals surface area (Å²) in [7, 11) is 1.96. The van der Waals surface area contributed by atoms with Crippen LogP contribution in [-0.4, -0.2) is 19.6 Å². The topological polar surface area (TPSA) is 15.3 Å². The van der Waals surface area contributed by atoms with Gasteiger partial charge >= 0.3 is 0 Å². The van der Waals surface area contributed by atoms with Crippen LogP contribution < -0.4 is 10.2 Å². The zero-order valence-corrected chi connectivity index (χ0v) is 13.7. The molecule has 20 heavy (non-hydrogen) atoms. The van der Waals surface area contributed by atoms with Gasteiger partial charge in [0.05, 0.1) is 5.69 Å². The Morgan fingerprint density at radius 1 is 1.15 bits per heavy atom. The average molecular weight is 280 g/mol. The zero-order chi connectivity index (χ0) is 15.3. The fourth-order valence-electron chi connectivity index (χ4n) is 2.12. The second-order valence-electron chi connectivity index (χ2n) is 6.41. The molecule has 0 aliphatic rings. The van der Waals surface area contributed by atoms with Crippen molar-refractivity contribution in [3.63, 3.8) is 0 Å². The first-order valence-electron chi connectivity index (χ1n) is 7.55. The van der Waals surface area contributed by atoms with Crippen LogP contribution in [0.5, 0.6) is 0 Å². The molecule has 1 rings (SSSR count). The van der Waals surface area contributed by atoms with E-state index in [-0.39, 0.29) is 5.82 Å². The first-order chi connectivity index (χ1) is 9.32. The minimum atomic E-state index is -0.135. The second-order valence-corrected chi connectivity index (χ2v) is 6.41. The van der Waals surface area contributed by atoms with Gasteiger partial charge in [0, 0.05) is 19.6 Å². The summed E-state index contributed by atoms with van der Waals surface area (Å²) >= 11 is 0. The van der Waals surface area contributed by atoms with Gasteiger partial charge < -0.3 is 10.2 Å². The lowest BCUT2D eigenvalue weighted by Gasteiger charge is -2.30. The quantitative estimate of drug-likeness (QED) is 0.810. The highest BCUT2D eigenvalue weighted by Gasteiger charge is 2.16. The Morgan fingerprint density at radius 2 is 1.80 bits per heavy atom. The molecule has 1 unspecified atom stereocenters. The minimum absolute atomic E-state index is 0.135. The molecule has 3 heteroatoms. The van der Waals surface area contributed by atoms with Crippen molar-refractivity contribution in [1.29, 1.82) is 0 Å². The van der Waals surface area contributed by atoms with Crippen LogP contribution in [0.25, 0.3) is 0 Å². The largest absolute Gasteiger partial charge is 0.369 e. The summed E-state index contributed by atoms with van der Waals surface area (Å²) in [5, 5.41) is 3.34. The van der Waals surface area contributed by atoms with E-state index in [4.69, 9.17) is 0 Å². The molecule has 0 aliphatic heterocycles. The molecule has 114 valence electrons. The van der Waals surface area contributed by atoms with Crippen LogP contribution in [0, 0.1) is 17.7 Å². The third kappa shape index (κ3) is 4.78. The fraction of sp³-hybridized carbons (Fsp3) is 0.647. The Labute approximate surface area is 123 Å². The lowest BCUT2D eigenvalue weighted by Crippen LogP contribution is -2.33. The molecule has 1 aromatic rings. The van der Waals surface area contributed by atoms with Gasteiger partial charge in [-0.2, -0.15) is 0 Å². The summed E-state index contributed by atoms with van der Waals surface area (Å²) in [5.74, 6) is 0.966. The van der Waals surface area contributed by atoms with Gasteiger partial charge in [-0.05, 0) is 43.0 Å². The van der Waals surface area contributed by atoms with Crippen molar-refractivity contribution < 1.29 is 4.39 Å². The Hall–Kier alpha value is -1.09. The number of hydrogen-bond acceptors (Lipinski definition) is 2. The first-order valence-corrected chi connectivity index (χ1v) is 7.55. The van der Waals surface area contributed by atoms with Crippen LogP contribution in [-0.2, 0) is 6.54 Å². The van der Waals surface area contributed by atoms with E-state index in [0.717, 1.165) is 18.7 Å². The summed E-state index contributed by atoms with van der Waals surface area (Å²) < 4.78 is 14.2. The molecular weight excluding hydrogens is 251 g/mol. The molecule has 0 radical (unpaired) electrons. The fourth-order valence-corrected chi connectivity index (χ4v) is 2.12. The van der Waals surface area contributed by atoms with E-state index < -0.39 is 0 Å². The van der Waals surface area contributed by atoms with E-state index in [2.05, 4.69) is 39.9 Å². The maximum absolute atomic E-state index is 14.2. The summed E-state index contributed by atoms with van der Waals surface area (Å²) in [6.07, 6.45) is 0. The summed E-state index contributed by atoms with van der Waals surface area (Å²) in [5.41, 5.74) is 1.68. The average Bonchev–Trinajstić information content (AvgIpc) is 2.36. The van der Waals surface area contributed by atoms with Crippen LogP contribution in [0.3, 0.4) is 0 Å². The van der Waals surface area contributed by atoms with Crippen LogP contribution in [0.2, 0.25) is 0 Å². The van der Waals surface area contributed by atoms with Crippen LogP contribution in [0.15, 0.2) is 18.2 Å². The van der Waals surface area contributed by atoms with Crippen LogP contribution in [0.1, 0.15) is 40.2 Å². The van der Waals surface area contributed by atoms with Crippen LogP contribution in [0.4, 0.5) is 10.1 Å². The standard InChI is InChI=1S/C17H29FN2/c1-12(2)10-19-11-15-7-8-17(16(18)9-15)20(6)14(5)13(3)4/h7-9,12-14,19H,10-11H2,1-6H3. The third-order valence-electron chi connectivity index (χ3n) is 3.85. The molecule has 1 atom stereocenters. The van der Waals surface area contributed by atoms with Gasteiger partial charge in [-0.25, -0.2) is 4.39 Å². The summed E-state index contributed by atoms with van der Waals surface area (Å²) in [4.78, 5) is 2.02. The molecular formula is C17H29FN2. The maximum atomic E-state index is 14.2. The Morgan fingerprint density at radius 3 is 2.30 bits per heavy atom. The van der Waals surface area contributed by atoms with Crippen molar-refractivity contribution in [2.24, 2.45) is 11.8 Å². The molecule has 0 heterocycles. The van der Waals surface area contributed by atoms with Gasteiger partial charge in [0.15, 0.2) is 0 Å². The molecule has 0 aliphatic carbocycles. The molecule has 1 aromatic carbocycles. The second kappa shape index (κ2) is 7.63. The molecule has 0 saturated heterocycles. The summed E-state index contributed by atoms with van der Waals surface area (Å²) in [6.45, 7) is 12.4. The number of nitrogens with zero attached hydrogens (tertiary/aromatic N) is 1. The van der Waals surface area contributed by atoms with Crippen molar-refractivity contribution >= 4 is 5.69 Å². The Kier molecular flexibility index (Phi) is 6.47. The third-order valence-corrected chi connectivity index (χ3v) is 3.85. The highest BCUT2D eigenvalue weighted by atomic mass is 19.1. The lowest BCUT2D eigenvalue weighted by molar-refractivity contribution is 0.497. The SMILES string of the molecule is CC(C)CNCc1ccc(N(C)C(C)C(C)C)c(F)c1. The van der Waals surface area contributed by atoms with E-state index in [1.54, 1.807) is 6.07 Å². The van der Waals surface area contributed by atoms with Gasteiger partial charge in [0.2, 0.25) is 0 Å². The number of rotatable bonds is 7. The van der Waals surface area contributed by atoms with Crippen molar-refractivity contribution in [3.05, 3.63) is 29.6 Å². The molecule has 2 nitrogen and oxygen atoms in total. The van der Waals surface area contributed by atoms with Gasteiger partial charge in [0.25, 0.3) is 0 Å². The van der Waals surface area contributed by atoms with Gasteiger partial charge in [-0.1, -0.05) is 33.8 Å². The van der Waals surface area contributed by atoms with Crippen LogP contribution >= 0.6 is 0 Å². The van der Waals surface area contributed by atoms with Crippen molar-refractivity contribution in [2.45, 2.75) is 47.2 Å². The number of nitrogens with one attached hydrogen (secondary N) is 1. The van der Waals surface area contributed by atoms with Gasteiger partial charge in [0.1, 0.15) is 5.82 Å². The van der Waals surface area contributed by atoms with Crippen molar-refractivity contribution in [3.8, 4) is 0 Å². The lowest BCUT2D eigenvalue weighted by atomic mass is 10.0. The number of hydrogen-bond donors (Lipinski definition) is 1. The molecule has 0 bridgehead atoms. The smallest absolute Gasteiger partial charge is 0.146 e. The van der Waals surface area contributed by atoms with Gasteiger partial charge in [-0.15, -0.1) is 0 Å². The predicted octanol–water partition coefficient (Wildman–Crippen LogP) is 4.05.